The molecular formula is C15H24O5. The fraction of sp³-hybridized carbons (Fsp3) is 0.667. The molecular weight excluding hydrogens is 260 g/mol. The minimum absolute atomic E-state index is 0.0443. The monoisotopic (exact) mass is 284 g/mol. The molecule has 0 aliphatic carbocycles. The highest BCUT2D eigenvalue weighted by atomic mass is 16.5. The van der Waals surface area contributed by atoms with E-state index in [4.69, 9.17) is 4.74 Å². The van der Waals surface area contributed by atoms with Crippen LogP contribution in [0.1, 0.15) is 52.4 Å². The third-order valence-corrected chi connectivity index (χ3v) is 2.76. The van der Waals surface area contributed by atoms with Crippen molar-refractivity contribution in [2.45, 2.75) is 58.5 Å². The molecule has 0 bridgehead atoms. The number of ketones is 1. The van der Waals surface area contributed by atoms with Crippen molar-refractivity contribution in [1.82, 2.24) is 0 Å². The van der Waals surface area contributed by atoms with E-state index in [1.807, 2.05) is 6.92 Å². The van der Waals surface area contributed by atoms with Gasteiger partial charge in [-0.05, 0) is 32.3 Å². The molecule has 114 valence electrons. The lowest BCUT2D eigenvalue weighted by Gasteiger charge is -2.10. The van der Waals surface area contributed by atoms with Gasteiger partial charge in [0, 0.05) is 19.4 Å². The minimum atomic E-state index is -0.516. The molecule has 5 heteroatoms. The first-order chi connectivity index (χ1) is 9.45. The number of methoxy groups -OCH3 is 1. The lowest BCUT2D eigenvalue weighted by Crippen LogP contribution is -2.11. The van der Waals surface area contributed by atoms with E-state index in [1.54, 1.807) is 0 Å². The van der Waals surface area contributed by atoms with Gasteiger partial charge in [-0.25, -0.2) is 4.79 Å². The zero-order valence-electron chi connectivity index (χ0n) is 12.5. The minimum Gasteiger partial charge on any atom is -0.466 e. The van der Waals surface area contributed by atoms with E-state index in [1.165, 1.54) is 20.1 Å². The molecule has 1 atom stereocenters. The molecule has 0 aliphatic heterocycles. The number of carbonyl (C=O) groups is 3. The molecule has 0 aromatic carbocycles. The van der Waals surface area contributed by atoms with E-state index in [0.29, 0.717) is 6.42 Å². The predicted octanol–water partition coefficient (Wildman–Crippen LogP) is 2.58. The Hall–Kier alpha value is -1.65. The SMILES string of the molecule is COC(=O)/C=C\C(=O)CCCCCC[C@@H](C)OC(C)=O. The van der Waals surface area contributed by atoms with Crippen LogP contribution in [0.4, 0.5) is 0 Å². The molecule has 0 aromatic rings. The van der Waals surface area contributed by atoms with Crippen molar-refractivity contribution in [3.05, 3.63) is 12.2 Å². The van der Waals surface area contributed by atoms with Crippen LogP contribution < -0.4 is 0 Å². The summed E-state index contributed by atoms with van der Waals surface area (Å²) < 4.78 is 9.41. The summed E-state index contributed by atoms with van der Waals surface area (Å²) in [4.78, 5) is 32.8. The van der Waals surface area contributed by atoms with Gasteiger partial charge in [0.2, 0.25) is 0 Å². The highest BCUT2D eigenvalue weighted by Crippen LogP contribution is 2.09. The highest BCUT2D eigenvalue weighted by molar-refractivity contribution is 5.95. The number of hydrogen-bond acceptors (Lipinski definition) is 5. The van der Waals surface area contributed by atoms with Crippen LogP contribution in [0.2, 0.25) is 0 Å². The Morgan fingerprint density at radius 3 is 2.30 bits per heavy atom. The Labute approximate surface area is 120 Å². The average molecular weight is 284 g/mol. The van der Waals surface area contributed by atoms with E-state index in [9.17, 15) is 14.4 Å². The number of ether oxygens (including phenoxy) is 2. The first-order valence-corrected chi connectivity index (χ1v) is 6.91. The standard InChI is InChI=1S/C15H24O5/c1-12(20-13(2)16)8-6-4-5-7-9-14(17)10-11-15(18)19-3/h10-12H,4-9H2,1-3H3/b11-10-/t12-/m1/s1. The Balaban J connectivity index is 3.53. The van der Waals surface area contributed by atoms with Crippen LogP contribution in [-0.4, -0.2) is 30.9 Å². The number of unbranched alkanes of at least 4 members (excludes halogenated alkanes) is 3. The molecule has 0 unspecified atom stereocenters. The van der Waals surface area contributed by atoms with Gasteiger partial charge in [-0.3, -0.25) is 9.59 Å². The summed E-state index contributed by atoms with van der Waals surface area (Å²) in [6.45, 7) is 3.28. The first kappa shape index (κ1) is 18.4. The second-order valence-electron chi connectivity index (χ2n) is 4.70. The molecule has 0 fully saturated rings. The largest absolute Gasteiger partial charge is 0.466 e. The van der Waals surface area contributed by atoms with Gasteiger partial charge in [-0.2, -0.15) is 0 Å². The van der Waals surface area contributed by atoms with Crippen molar-refractivity contribution in [1.29, 1.82) is 0 Å². The zero-order valence-corrected chi connectivity index (χ0v) is 12.5. The molecule has 0 aliphatic rings. The van der Waals surface area contributed by atoms with Crippen molar-refractivity contribution < 1.29 is 23.9 Å². The van der Waals surface area contributed by atoms with E-state index < -0.39 is 5.97 Å². The van der Waals surface area contributed by atoms with Crippen LogP contribution in [-0.2, 0) is 23.9 Å². The average Bonchev–Trinajstić information content (AvgIpc) is 2.39. The van der Waals surface area contributed by atoms with Crippen molar-refractivity contribution in [2.75, 3.05) is 7.11 Å². The zero-order chi connectivity index (χ0) is 15.4. The molecule has 5 nitrogen and oxygen atoms in total. The van der Waals surface area contributed by atoms with Gasteiger partial charge in [0.25, 0.3) is 0 Å². The molecule has 0 saturated heterocycles. The molecule has 0 radical (unpaired) electrons. The Bertz CT molecular complexity index is 346. The molecule has 0 amide bonds. The van der Waals surface area contributed by atoms with Gasteiger partial charge >= 0.3 is 11.9 Å². The second kappa shape index (κ2) is 11.2. The lowest BCUT2D eigenvalue weighted by molar-refractivity contribution is -0.145. The van der Waals surface area contributed by atoms with Crippen molar-refractivity contribution in [3.8, 4) is 0 Å². The molecule has 0 saturated carbocycles. The Morgan fingerprint density at radius 1 is 1.05 bits per heavy atom. The van der Waals surface area contributed by atoms with Crippen LogP contribution in [0, 0.1) is 0 Å². The summed E-state index contributed by atoms with van der Waals surface area (Å²) >= 11 is 0. The Morgan fingerprint density at radius 2 is 1.70 bits per heavy atom. The van der Waals surface area contributed by atoms with Gasteiger partial charge in [-0.15, -0.1) is 0 Å². The second-order valence-corrected chi connectivity index (χ2v) is 4.70. The van der Waals surface area contributed by atoms with Crippen molar-refractivity contribution in [3.63, 3.8) is 0 Å². The van der Waals surface area contributed by atoms with E-state index >= 15 is 0 Å². The molecule has 0 heterocycles. The van der Waals surface area contributed by atoms with Crippen LogP contribution in [0.15, 0.2) is 12.2 Å². The molecule has 0 spiro atoms. The van der Waals surface area contributed by atoms with Crippen LogP contribution in [0.3, 0.4) is 0 Å². The molecule has 0 N–H and O–H groups in total. The normalized spacial score (nSPS) is 12.2. The topological polar surface area (TPSA) is 69.7 Å². The van der Waals surface area contributed by atoms with Crippen molar-refractivity contribution in [2.24, 2.45) is 0 Å². The smallest absolute Gasteiger partial charge is 0.330 e. The van der Waals surface area contributed by atoms with Gasteiger partial charge in [-0.1, -0.05) is 12.8 Å². The fourth-order valence-electron chi connectivity index (χ4n) is 1.74. The third kappa shape index (κ3) is 11.4. The maximum atomic E-state index is 11.4. The van der Waals surface area contributed by atoms with Gasteiger partial charge in [0.05, 0.1) is 13.2 Å². The summed E-state index contributed by atoms with van der Waals surface area (Å²) in [5.41, 5.74) is 0. The maximum Gasteiger partial charge on any atom is 0.330 e. The molecule has 0 rings (SSSR count). The van der Waals surface area contributed by atoms with Gasteiger partial charge in [0.1, 0.15) is 0 Å². The summed E-state index contributed by atoms with van der Waals surface area (Å²) in [5, 5.41) is 0. The molecule has 0 aromatic heterocycles. The van der Waals surface area contributed by atoms with Gasteiger partial charge < -0.3 is 9.47 Å². The maximum absolute atomic E-state index is 11.4. The summed E-state index contributed by atoms with van der Waals surface area (Å²) in [6, 6.07) is 0. The summed E-state index contributed by atoms with van der Waals surface area (Å²) in [7, 11) is 1.27. The van der Waals surface area contributed by atoms with E-state index in [-0.39, 0.29) is 17.9 Å². The summed E-state index contributed by atoms with van der Waals surface area (Å²) in [5.74, 6) is -0.832. The van der Waals surface area contributed by atoms with E-state index in [0.717, 1.165) is 38.2 Å². The van der Waals surface area contributed by atoms with Crippen molar-refractivity contribution >= 4 is 17.7 Å². The first-order valence-electron chi connectivity index (χ1n) is 6.91. The van der Waals surface area contributed by atoms with Crippen LogP contribution >= 0.6 is 0 Å². The van der Waals surface area contributed by atoms with E-state index in [2.05, 4.69) is 4.74 Å². The Kier molecular flexibility index (Phi) is 10.3. The number of allylic oxidation sites excluding steroid dienone is 1. The number of carbonyl (C=O) groups excluding carboxylic acids is 3. The predicted molar refractivity (Wildman–Crippen MR) is 75.1 cm³/mol. The number of rotatable bonds is 10. The number of esters is 2. The summed E-state index contributed by atoms with van der Waals surface area (Å²) in [6.07, 6.45) is 7.36. The lowest BCUT2D eigenvalue weighted by atomic mass is 10.1. The van der Waals surface area contributed by atoms with Gasteiger partial charge in [0.15, 0.2) is 5.78 Å². The highest BCUT2D eigenvalue weighted by Gasteiger charge is 2.05. The quantitative estimate of drug-likeness (QED) is 0.350. The number of hydrogen-bond donors (Lipinski definition) is 0. The fourth-order valence-corrected chi connectivity index (χ4v) is 1.74. The van der Waals surface area contributed by atoms with Crippen LogP contribution in [0.5, 0.6) is 0 Å². The third-order valence-electron chi connectivity index (χ3n) is 2.76. The van der Waals surface area contributed by atoms with Crippen LogP contribution in [0.25, 0.3) is 0 Å². The molecule has 20 heavy (non-hydrogen) atoms.